The standard InChI is InChI=1S/C23H32O4/c1-24-15-17-26-13-11-23(12-14-27-18-16-25-2)21-9-5-3-7-19(21)20-8-4-6-10-22(20)23/h3,5-7,9-10H,4,8,11-18H2,1-2H3. The molecule has 0 saturated heterocycles. The van der Waals surface area contributed by atoms with Crippen LogP contribution >= 0.6 is 0 Å². The third-order valence-corrected chi connectivity index (χ3v) is 5.66. The molecule has 1 aromatic carbocycles. The molecule has 0 heterocycles. The van der Waals surface area contributed by atoms with Crippen molar-refractivity contribution in [3.8, 4) is 0 Å². The minimum Gasteiger partial charge on any atom is -0.382 e. The van der Waals surface area contributed by atoms with Gasteiger partial charge in [0.25, 0.3) is 0 Å². The first kappa shape index (κ1) is 20.3. The van der Waals surface area contributed by atoms with Crippen LogP contribution in [0.5, 0.6) is 0 Å². The number of benzene rings is 1. The second-order valence-corrected chi connectivity index (χ2v) is 7.17. The van der Waals surface area contributed by atoms with Gasteiger partial charge in [0.05, 0.1) is 26.4 Å². The van der Waals surface area contributed by atoms with Crippen LogP contribution in [-0.4, -0.2) is 53.9 Å². The molecule has 148 valence electrons. The summed E-state index contributed by atoms with van der Waals surface area (Å²) in [6, 6.07) is 8.89. The van der Waals surface area contributed by atoms with E-state index in [1.807, 2.05) is 0 Å². The first-order chi connectivity index (χ1) is 13.3. The lowest BCUT2D eigenvalue weighted by Gasteiger charge is -2.34. The van der Waals surface area contributed by atoms with Gasteiger partial charge in [0.2, 0.25) is 0 Å². The van der Waals surface area contributed by atoms with E-state index in [-0.39, 0.29) is 5.41 Å². The Morgan fingerprint density at radius 1 is 0.852 bits per heavy atom. The van der Waals surface area contributed by atoms with Crippen molar-refractivity contribution in [3.05, 3.63) is 53.1 Å². The monoisotopic (exact) mass is 372 g/mol. The Hall–Kier alpha value is -1.46. The summed E-state index contributed by atoms with van der Waals surface area (Å²) in [5.41, 5.74) is 5.82. The molecule has 4 nitrogen and oxygen atoms in total. The zero-order chi connectivity index (χ0) is 19.0. The molecule has 2 aliphatic rings. The summed E-state index contributed by atoms with van der Waals surface area (Å²) in [5, 5.41) is 0. The maximum Gasteiger partial charge on any atom is 0.0700 e. The van der Waals surface area contributed by atoms with Gasteiger partial charge in [-0.25, -0.2) is 0 Å². The van der Waals surface area contributed by atoms with Gasteiger partial charge in [0.15, 0.2) is 0 Å². The molecule has 0 radical (unpaired) electrons. The number of fused-ring (bicyclic) bond motifs is 2. The molecule has 0 N–H and O–H groups in total. The van der Waals surface area contributed by atoms with Crippen molar-refractivity contribution < 1.29 is 18.9 Å². The highest BCUT2D eigenvalue weighted by Crippen LogP contribution is 2.53. The van der Waals surface area contributed by atoms with Crippen LogP contribution in [0.15, 0.2) is 42.0 Å². The highest BCUT2D eigenvalue weighted by molar-refractivity contribution is 5.83. The van der Waals surface area contributed by atoms with Crippen molar-refractivity contribution in [2.24, 2.45) is 0 Å². The number of allylic oxidation sites excluding steroid dienone is 4. The van der Waals surface area contributed by atoms with Crippen molar-refractivity contribution in [3.63, 3.8) is 0 Å². The normalized spacial score (nSPS) is 17.3. The predicted octanol–water partition coefficient (Wildman–Crippen LogP) is 4.15. The summed E-state index contributed by atoms with van der Waals surface area (Å²) in [6.45, 7) is 4.00. The van der Waals surface area contributed by atoms with Crippen LogP contribution in [0.2, 0.25) is 0 Å². The molecule has 27 heavy (non-hydrogen) atoms. The first-order valence-electron chi connectivity index (χ1n) is 9.97. The largest absolute Gasteiger partial charge is 0.382 e. The molecule has 0 spiro atoms. The minimum atomic E-state index is -0.0248. The van der Waals surface area contributed by atoms with Gasteiger partial charge in [-0.3, -0.25) is 0 Å². The molecule has 0 fully saturated rings. The maximum absolute atomic E-state index is 5.87. The SMILES string of the molecule is COCCOCCC1(CCOCCOC)C2=C(CCC=C2)c2ccccc21. The lowest BCUT2D eigenvalue weighted by molar-refractivity contribution is 0.0488. The zero-order valence-electron chi connectivity index (χ0n) is 16.7. The van der Waals surface area contributed by atoms with Gasteiger partial charge in [-0.05, 0) is 48.0 Å². The van der Waals surface area contributed by atoms with Gasteiger partial charge in [0.1, 0.15) is 0 Å². The van der Waals surface area contributed by atoms with Gasteiger partial charge >= 0.3 is 0 Å². The van der Waals surface area contributed by atoms with E-state index in [9.17, 15) is 0 Å². The summed E-state index contributed by atoms with van der Waals surface area (Å²) in [5.74, 6) is 0. The molecule has 0 unspecified atom stereocenters. The number of ether oxygens (including phenoxy) is 4. The Bertz CT molecular complexity index is 648. The van der Waals surface area contributed by atoms with Gasteiger partial charge < -0.3 is 18.9 Å². The van der Waals surface area contributed by atoms with E-state index < -0.39 is 0 Å². The van der Waals surface area contributed by atoms with E-state index in [4.69, 9.17) is 18.9 Å². The second-order valence-electron chi connectivity index (χ2n) is 7.17. The van der Waals surface area contributed by atoms with Crippen LogP contribution < -0.4 is 0 Å². The zero-order valence-corrected chi connectivity index (χ0v) is 16.7. The lowest BCUT2D eigenvalue weighted by Crippen LogP contribution is -2.30. The molecule has 0 atom stereocenters. The minimum absolute atomic E-state index is 0.0248. The summed E-state index contributed by atoms with van der Waals surface area (Å²) in [4.78, 5) is 0. The highest BCUT2D eigenvalue weighted by Gasteiger charge is 2.43. The van der Waals surface area contributed by atoms with Gasteiger partial charge in [-0.1, -0.05) is 36.4 Å². The quantitative estimate of drug-likeness (QED) is 0.517. The topological polar surface area (TPSA) is 36.9 Å². The van der Waals surface area contributed by atoms with E-state index in [1.54, 1.807) is 14.2 Å². The van der Waals surface area contributed by atoms with Crippen LogP contribution in [0.3, 0.4) is 0 Å². The van der Waals surface area contributed by atoms with Gasteiger partial charge in [-0.2, -0.15) is 0 Å². The Morgan fingerprint density at radius 2 is 1.52 bits per heavy atom. The molecule has 0 bridgehead atoms. The summed E-state index contributed by atoms with van der Waals surface area (Å²) in [7, 11) is 3.42. The van der Waals surface area contributed by atoms with Crippen molar-refractivity contribution in [2.75, 3.05) is 53.9 Å². The highest BCUT2D eigenvalue weighted by atomic mass is 16.5. The van der Waals surface area contributed by atoms with Crippen LogP contribution in [0.25, 0.3) is 5.57 Å². The van der Waals surface area contributed by atoms with Crippen LogP contribution in [0.4, 0.5) is 0 Å². The molecule has 0 aliphatic heterocycles. The van der Waals surface area contributed by atoms with Crippen LogP contribution in [-0.2, 0) is 24.4 Å². The predicted molar refractivity (Wildman–Crippen MR) is 108 cm³/mol. The summed E-state index contributed by atoms with van der Waals surface area (Å²) in [6.07, 6.45) is 8.84. The van der Waals surface area contributed by atoms with E-state index in [1.165, 1.54) is 22.3 Å². The first-order valence-corrected chi connectivity index (χ1v) is 9.97. The third kappa shape index (κ3) is 4.52. The van der Waals surface area contributed by atoms with Gasteiger partial charge in [-0.15, -0.1) is 0 Å². The summed E-state index contributed by atoms with van der Waals surface area (Å²) >= 11 is 0. The Balaban J connectivity index is 1.81. The summed E-state index contributed by atoms with van der Waals surface area (Å²) < 4.78 is 21.9. The number of methoxy groups -OCH3 is 2. The molecular formula is C23H32O4. The fourth-order valence-electron chi connectivity index (χ4n) is 4.35. The Morgan fingerprint density at radius 3 is 2.19 bits per heavy atom. The van der Waals surface area contributed by atoms with Crippen molar-refractivity contribution >= 4 is 5.57 Å². The molecule has 4 heteroatoms. The number of rotatable bonds is 12. The molecule has 2 aliphatic carbocycles. The van der Waals surface area contributed by atoms with E-state index in [0.717, 1.165) is 38.9 Å². The molecule has 1 aromatic rings. The molecule has 3 rings (SSSR count). The fraction of sp³-hybridized carbons (Fsp3) is 0.565. The molecular weight excluding hydrogens is 340 g/mol. The van der Waals surface area contributed by atoms with Crippen molar-refractivity contribution in [2.45, 2.75) is 31.1 Å². The van der Waals surface area contributed by atoms with E-state index in [2.05, 4.69) is 36.4 Å². The van der Waals surface area contributed by atoms with Crippen molar-refractivity contribution in [1.29, 1.82) is 0 Å². The van der Waals surface area contributed by atoms with Crippen LogP contribution in [0.1, 0.15) is 36.8 Å². The van der Waals surface area contributed by atoms with Crippen molar-refractivity contribution in [1.82, 2.24) is 0 Å². The van der Waals surface area contributed by atoms with E-state index >= 15 is 0 Å². The fourth-order valence-corrected chi connectivity index (χ4v) is 4.35. The lowest BCUT2D eigenvalue weighted by atomic mass is 9.71. The smallest absolute Gasteiger partial charge is 0.0700 e. The Kier molecular flexibility index (Phi) is 7.65. The maximum atomic E-state index is 5.87. The average Bonchev–Trinajstić information content (AvgIpc) is 2.99. The Labute approximate surface area is 163 Å². The average molecular weight is 373 g/mol. The van der Waals surface area contributed by atoms with Gasteiger partial charge in [0, 0.05) is 32.8 Å². The third-order valence-electron chi connectivity index (χ3n) is 5.66. The molecule has 0 amide bonds. The van der Waals surface area contributed by atoms with Crippen LogP contribution in [0, 0.1) is 0 Å². The molecule has 0 saturated carbocycles. The van der Waals surface area contributed by atoms with E-state index in [0.29, 0.717) is 26.4 Å². The second kappa shape index (κ2) is 10.2. The number of hydrogen-bond acceptors (Lipinski definition) is 4. The molecule has 0 aromatic heterocycles. The number of hydrogen-bond donors (Lipinski definition) is 0.